The predicted molar refractivity (Wildman–Crippen MR) is 98.1 cm³/mol. The standard InChI is InChI=1S/C20H15N3O4/c24-20(25)18-15-11-14(8-9-16(15)22-23-18)27-19-17(7-4-10-21-19)26-12-13-5-2-1-3-6-13/h1-11H,12H2,(H,22,23)(H,24,25). The molecule has 7 heteroatoms. The lowest BCUT2D eigenvalue weighted by atomic mass is 10.2. The number of benzene rings is 2. The van der Waals surface area contributed by atoms with Crippen LogP contribution in [0.4, 0.5) is 0 Å². The van der Waals surface area contributed by atoms with Gasteiger partial charge in [-0.15, -0.1) is 0 Å². The number of carbonyl (C=O) groups is 1. The van der Waals surface area contributed by atoms with Crippen LogP contribution in [0.2, 0.25) is 0 Å². The normalized spacial score (nSPS) is 10.7. The summed E-state index contributed by atoms with van der Waals surface area (Å²) >= 11 is 0. The number of carboxylic acid groups (broad SMARTS) is 1. The van der Waals surface area contributed by atoms with Gasteiger partial charge in [-0.3, -0.25) is 5.10 Å². The number of rotatable bonds is 6. The molecule has 2 N–H and O–H groups in total. The Balaban J connectivity index is 1.58. The van der Waals surface area contributed by atoms with Crippen molar-refractivity contribution in [2.75, 3.05) is 0 Å². The maximum atomic E-state index is 11.3. The molecule has 7 nitrogen and oxygen atoms in total. The number of hydrogen-bond donors (Lipinski definition) is 2. The third kappa shape index (κ3) is 3.57. The van der Waals surface area contributed by atoms with E-state index in [0.29, 0.717) is 34.9 Å². The second-order valence-electron chi connectivity index (χ2n) is 5.77. The number of H-pyrrole nitrogens is 1. The second-order valence-corrected chi connectivity index (χ2v) is 5.77. The van der Waals surface area contributed by atoms with Gasteiger partial charge in [-0.05, 0) is 35.9 Å². The molecule has 0 unspecified atom stereocenters. The van der Waals surface area contributed by atoms with E-state index in [9.17, 15) is 9.90 Å². The van der Waals surface area contributed by atoms with Crippen LogP contribution >= 0.6 is 0 Å². The number of nitrogens with zero attached hydrogens (tertiary/aromatic N) is 2. The van der Waals surface area contributed by atoms with Crippen LogP contribution in [0, 0.1) is 0 Å². The number of carboxylic acids is 1. The van der Waals surface area contributed by atoms with Crippen LogP contribution in [0.25, 0.3) is 10.9 Å². The molecule has 4 rings (SSSR count). The van der Waals surface area contributed by atoms with Crippen molar-refractivity contribution in [2.24, 2.45) is 0 Å². The summed E-state index contributed by atoms with van der Waals surface area (Å²) in [5.41, 5.74) is 1.58. The minimum atomic E-state index is -1.11. The Morgan fingerprint density at radius 2 is 1.93 bits per heavy atom. The van der Waals surface area contributed by atoms with Gasteiger partial charge >= 0.3 is 5.97 Å². The molecular formula is C20H15N3O4. The summed E-state index contributed by atoms with van der Waals surface area (Å²) in [6.45, 7) is 0.382. The fourth-order valence-electron chi connectivity index (χ4n) is 2.63. The summed E-state index contributed by atoms with van der Waals surface area (Å²) in [4.78, 5) is 15.5. The molecule has 134 valence electrons. The van der Waals surface area contributed by atoms with E-state index in [1.54, 1.807) is 36.5 Å². The number of aromatic nitrogens is 3. The number of hydrogen-bond acceptors (Lipinski definition) is 5. The van der Waals surface area contributed by atoms with Crippen molar-refractivity contribution in [3.63, 3.8) is 0 Å². The van der Waals surface area contributed by atoms with E-state index < -0.39 is 5.97 Å². The SMILES string of the molecule is O=C(O)c1n[nH]c2ccc(Oc3ncccc3OCc3ccccc3)cc12. The Hall–Kier alpha value is -3.87. The fraction of sp³-hybridized carbons (Fsp3) is 0.0500. The monoisotopic (exact) mass is 361 g/mol. The van der Waals surface area contributed by atoms with Crippen LogP contribution < -0.4 is 9.47 Å². The van der Waals surface area contributed by atoms with E-state index >= 15 is 0 Å². The Kier molecular flexibility index (Phi) is 4.40. The first-order valence-electron chi connectivity index (χ1n) is 8.22. The Bertz CT molecular complexity index is 1090. The molecule has 0 aliphatic carbocycles. The van der Waals surface area contributed by atoms with Gasteiger partial charge in [0, 0.05) is 11.6 Å². The summed E-state index contributed by atoms with van der Waals surface area (Å²) in [6.07, 6.45) is 1.60. The molecule has 0 spiro atoms. The lowest BCUT2D eigenvalue weighted by Crippen LogP contribution is -1.99. The van der Waals surface area contributed by atoms with Crippen LogP contribution in [-0.2, 0) is 6.61 Å². The van der Waals surface area contributed by atoms with Crippen molar-refractivity contribution in [2.45, 2.75) is 6.61 Å². The maximum Gasteiger partial charge on any atom is 0.357 e. The number of aromatic carboxylic acids is 1. The summed E-state index contributed by atoms with van der Waals surface area (Å²) in [7, 11) is 0. The highest BCUT2D eigenvalue weighted by Gasteiger charge is 2.14. The molecule has 0 fully saturated rings. The van der Waals surface area contributed by atoms with Crippen LogP contribution in [0.1, 0.15) is 16.1 Å². The first kappa shape index (κ1) is 16.6. The van der Waals surface area contributed by atoms with E-state index in [1.807, 2.05) is 30.3 Å². The molecule has 0 amide bonds. The Labute approximate surface area is 154 Å². The first-order chi connectivity index (χ1) is 13.2. The maximum absolute atomic E-state index is 11.3. The van der Waals surface area contributed by atoms with Crippen molar-refractivity contribution < 1.29 is 19.4 Å². The number of pyridine rings is 1. The lowest BCUT2D eigenvalue weighted by molar-refractivity contribution is 0.0692. The number of ether oxygens (including phenoxy) is 2. The molecule has 2 aromatic carbocycles. The molecule has 27 heavy (non-hydrogen) atoms. The molecule has 0 aliphatic rings. The highest BCUT2D eigenvalue weighted by molar-refractivity contribution is 6.01. The van der Waals surface area contributed by atoms with E-state index in [-0.39, 0.29) is 5.69 Å². The number of aromatic amines is 1. The molecule has 0 saturated carbocycles. The van der Waals surface area contributed by atoms with Crippen LogP contribution in [0.3, 0.4) is 0 Å². The zero-order valence-electron chi connectivity index (χ0n) is 14.1. The smallest absolute Gasteiger partial charge is 0.357 e. The average Bonchev–Trinajstić information content (AvgIpc) is 3.12. The molecule has 0 saturated heterocycles. The van der Waals surface area contributed by atoms with Gasteiger partial charge < -0.3 is 14.6 Å². The first-order valence-corrected chi connectivity index (χ1v) is 8.22. The molecule has 0 bridgehead atoms. The molecule has 0 aliphatic heterocycles. The van der Waals surface area contributed by atoms with Crippen LogP contribution in [-0.4, -0.2) is 26.3 Å². The Morgan fingerprint density at radius 1 is 1.07 bits per heavy atom. The van der Waals surface area contributed by atoms with Gasteiger partial charge in [0.15, 0.2) is 11.4 Å². The van der Waals surface area contributed by atoms with Gasteiger partial charge in [0.05, 0.1) is 5.52 Å². The molecular weight excluding hydrogens is 346 g/mol. The largest absolute Gasteiger partial charge is 0.483 e. The molecule has 2 heterocycles. The number of nitrogens with one attached hydrogen (secondary N) is 1. The van der Waals surface area contributed by atoms with Crippen molar-refractivity contribution in [1.29, 1.82) is 0 Å². The molecule has 0 radical (unpaired) electrons. The van der Waals surface area contributed by atoms with Crippen molar-refractivity contribution in [3.05, 3.63) is 78.1 Å². The fourth-order valence-corrected chi connectivity index (χ4v) is 2.63. The van der Waals surface area contributed by atoms with Gasteiger partial charge in [0.25, 0.3) is 5.88 Å². The zero-order valence-corrected chi connectivity index (χ0v) is 14.1. The topological polar surface area (TPSA) is 97.3 Å². The van der Waals surface area contributed by atoms with E-state index in [2.05, 4.69) is 15.2 Å². The van der Waals surface area contributed by atoms with Crippen LogP contribution in [0.15, 0.2) is 66.9 Å². The lowest BCUT2D eigenvalue weighted by Gasteiger charge is -2.11. The van der Waals surface area contributed by atoms with Crippen molar-refractivity contribution >= 4 is 16.9 Å². The highest BCUT2D eigenvalue weighted by Crippen LogP contribution is 2.31. The van der Waals surface area contributed by atoms with E-state index in [4.69, 9.17) is 9.47 Å². The van der Waals surface area contributed by atoms with Gasteiger partial charge in [-0.25, -0.2) is 9.78 Å². The summed E-state index contributed by atoms with van der Waals surface area (Å²) in [5.74, 6) is 0.123. The summed E-state index contributed by atoms with van der Waals surface area (Å²) in [6, 6.07) is 18.3. The predicted octanol–water partition coefficient (Wildman–Crippen LogP) is 4.03. The summed E-state index contributed by atoms with van der Waals surface area (Å²) < 4.78 is 11.7. The third-order valence-corrected chi connectivity index (χ3v) is 3.92. The van der Waals surface area contributed by atoms with Crippen molar-refractivity contribution in [1.82, 2.24) is 15.2 Å². The number of fused-ring (bicyclic) bond motifs is 1. The minimum Gasteiger partial charge on any atom is -0.483 e. The van der Waals surface area contributed by atoms with Crippen molar-refractivity contribution in [3.8, 4) is 17.4 Å². The van der Waals surface area contributed by atoms with Gasteiger partial charge in [0.2, 0.25) is 0 Å². The zero-order chi connectivity index (χ0) is 18.6. The molecule has 4 aromatic rings. The Morgan fingerprint density at radius 3 is 2.74 bits per heavy atom. The third-order valence-electron chi connectivity index (χ3n) is 3.92. The average molecular weight is 361 g/mol. The second kappa shape index (κ2) is 7.17. The highest BCUT2D eigenvalue weighted by atomic mass is 16.5. The summed E-state index contributed by atoms with van der Waals surface area (Å²) in [5, 5.41) is 16.2. The van der Waals surface area contributed by atoms with E-state index in [0.717, 1.165) is 5.56 Å². The van der Waals surface area contributed by atoms with Gasteiger partial charge in [-0.2, -0.15) is 5.10 Å². The van der Waals surface area contributed by atoms with Crippen LogP contribution in [0.5, 0.6) is 17.4 Å². The quantitative estimate of drug-likeness (QED) is 0.538. The van der Waals surface area contributed by atoms with Gasteiger partial charge in [0.1, 0.15) is 12.4 Å². The molecule has 2 aromatic heterocycles. The van der Waals surface area contributed by atoms with Gasteiger partial charge in [-0.1, -0.05) is 30.3 Å². The molecule has 0 atom stereocenters. The van der Waals surface area contributed by atoms with E-state index in [1.165, 1.54) is 0 Å². The minimum absolute atomic E-state index is 0.0583.